The first-order valence-corrected chi connectivity index (χ1v) is 7.67. The summed E-state index contributed by atoms with van der Waals surface area (Å²) in [6.45, 7) is 0. The summed E-state index contributed by atoms with van der Waals surface area (Å²) in [6, 6.07) is 26.7. The van der Waals surface area contributed by atoms with Crippen LogP contribution in [0.3, 0.4) is 0 Å². The SMILES string of the molecule is C(=Cc1ccccc1-c1nc2ccccc2[nH]1)c1ccccc1. The summed E-state index contributed by atoms with van der Waals surface area (Å²) in [4.78, 5) is 8.11. The molecule has 0 unspecified atom stereocenters. The minimum absolute atomic E-state index is 0.902. The average molecular weight is 296 g/mol. The number of fused-ring (bicyclic) bond motifs is 1. The van der Waals surface area contributed by atoms with E-state index in [-0.39, 0.29) is 0 Å². The fourth-order valence-corrected chi connectivity index (χ4v) is 2.69. The van der Waals surface area contributed by atoms with Crippen LogP contribution in [0.5, 0.6) is 0 Å². The molecular formula is C21H16N2. The van der Waals surface area contributed by atoms with E-state index in [2.05, 4.69) is 47.5 Å². The molecule has 110 valence electrons. The molecule has 0 aliphatic heterocycles. The number of hydrogen-bond acceptors (Lipinski definition) is 1. The Morgan fingerprint density at radius 1 is 0.696 bits per heavy atom. The van der Waals surface area contributed by atoms with Gasteiger partial charge in [0, 0.05) is 5.56 Å². The molecule has 4 aromatic rings. The van der Waals surface area contributed by atoms with Gasteiger partial charge in [-0.1, -0.05) is 78.9 Å². The van der Waals surface area contributed by atoms with Crippen molar-refractivity contribution in [1.82, 2.24) is 9.97 Å². The fraction of sp³-hybridized carbons (Fsp3) is 0. The van der Waals surface area contributed by atoms with Crippen LogP contribution < -0.4 is 0 Å². The highest BCUT2D eigenvalue weighted by Gasteiger charge is 2.07. The summed E-state index contributed by atoms with van der Waals surface area (Å²) < 4.78 is 0. The first-order chi connectivity index (χ1) is 11.4. The third-order valence-corrected chi connectivity index (χ3v) is 3.86. The van der Waals surface area contributed by atoms with Gasteiger partial charge < -0.3 is 4.98 Å². The monoisotopic (exact) mass is 296 g/mol. The molecule has 0 aliphatic rings. The predicted octanol–water partition coefficient (Wildman–Crippen LogP) is 5.40. The number of benzene rings is 3. The molecule has 23 heavy (non-hydrogen) atoms. The molecule has 1 heterocycles. The minimum Gasteiger partial charge on any atom is -0.338 e. The lowest BCUT2D eigenvalue weighted by molar-refractivity contribution is 1.33. The van der Waals surface area contributed by atoms with Crippen molar-refractivity contribution in [3.05, 3.63) is 90.0 Å². The smallest absolute Gasteiger partial charge is 0.139 e. The van der Waals surface area contributed by atoms with Crippen molar-refractivity contribution in [3.8, 4) is 11.4 Å². The number of rotatable bonds is 3. The van der Waals surface area contributed by atoms with Gasteiger partial charge in [-0.15, -0.1) is 0 Å². The zero-order chi connectivity index (χ0) is 15.5. The number of imidazole rings is 1. The molecule has 0 saturated heterocycles. The largest absolute Gasteiger partial charge is 0.338 e. The molecule has 3 aromatic carbocycles. The van der Waals surface area contributed by atoms with Crippen molar-refractivity contribution in [3.63, 3.8) is 0 Å². The van der Waals surface area contributed by atoms with Crippen LogP contribution >= 0.6 is 0 Å². The first kappa shape index (κ1) is 13.5. The molecule has 0 spiro atoms. The Balaban J connectivity index is 1.76. The number of para-hydroxylation sites is 2. The zero-order valence-corrected chi connectivity index (χ0v) is 12.6. The standard InChI is InChI=1S/C21H16N2/c1-2-8-16(9-3-1)14-15-17-10-4-5-11-18(17)21-22-19-12-6-7-13-20(19)23-21/h1-15H,(H,22,23). The molecule has 1 N–H and O–H groups in total. The summed E-state index contributed by atoms with van der Waals surface area (Å²) in [5, 5.41) is 0. The highest BCUT2D eigenvalue weighted by molar-refractivity contribution is 5.83. The van der Waals surface area contributed by atoms with E-state index in [4.69, 9.17) is 4.98 Å². The van der Waals surface area contributed by atoms with E-state index in [9.17, 15) is 0 Å². The van der Waals surface area contributed by atoms with Crippen LogP contribution in [0.2, 0.25) is 0 Å². The van der Waals surface area contributed by atoms with Crippen molar-refractivity contribution in [1.29, 1.82) is 0 Å². The number of nitrogens with zero attached hydrogens (tertiary/aromatic N) is 1. The van der Waals surface area contributed by atoms with Crippen molar-refractivity contribution in [2.24, 2.45) is 0 Å². The molecule has 0 aliphatic carbocycles. The second-order valence-corrected chi connectivity index (χ2v) is 5.43. The normalized spacial score (nSPS) is 11.3. The highest BCUT2D eigenvalue weighted by Crippen LogP contribution is 2.25. The van der Waals surface area contributed by atoms with E-state index >= 15 is 0 Å². The van der Waals surface area contributed by atoms with E-state index < -0.39 is 0 Å². The van der Waals surface area contributed by atoms with Gasteiger partial charge in [-0.3, -0.25) is 0 Å². The van der Waals surface area contributed by atoms with Crippen LogP contribution in [0.15, 0.2) is 78.9 Å². The summed E-state index contributed by atoms with van der Waals surface area (Å²) in [7, 11) is 0. The Morgan fingerprint density at radius 2 is 1.43 bits per heavy atom. The maximum Gasteiger partial charge on any atom is 0.139 e. The first-order valence-electron chi connectivity index (χ1n) is 7.67. The van der Waals surface area contributed by atoms with Crippen LogP contribution in [0.4, 0.5) is 0 Å². The molecule has 2 nitrogen and oxygen atoms in total. The molecular weight excluding hydrogens is 280 g/mol. The maximum absolute atomic E-state index is 4.71. The number of aromatic nitrogens is 2. The van der Waals surface area contributed by atoms with Crippen molar-refractivity contribution in [2.75, 3.05) is 0 Å². The van der Waals surface area contributed by atoms with Gasteiger partial charge in [0.25, 0.3) is 0 Å². The molecule has 0 bridgehead atoms. The Morgan fingerprint density at radius 3 is 2.30 bits per heavy atom. The van der Waals surface area contributed by atoms with E-state index in [1.165, 1.54) is 5.56 Å². The van der Waals surface area contributed by atoms with E-state index in [1.807, 2.05) is 48.5 Å². The lowest BCUT2D eigenvalue weighted by Gasteiger charge is -2.02. The lowest BCUT2D eigenvalue weighted by atomic mass is 10.1. The molecule has 0 saturated carbocycles. The lowest BCUT2D eigenvalue weighted by Crippen LogP contribution is -1.85. The van der Waals surface area contributed by atoms with Crippen LogP contribution in [-0.4, -0.2) is 9.97 Å². The van der Waals surface area contributed by atoms with Crippen molar-refractivity contribution in [2.45, 2.75) is 0 Å². The van der Waals surface area contributed by atoms with Gasteiger partial charge in [-0.25, -0.2) is 4.98 Å². The summed E-state index contributed by atoms with van der Waals surface area (Å²) in [5.74, 6) is 0.902. The van der Waals surface area contributed by atoms with Crippen LogP contribution in [0.25, 0.3) is 34.6 Å². The fourth-order valence-electron chi connectivity index (χ4n) is 2.69. The summed E-state index contributed by atoms with van der Waals surface area (Å²) >= 11 is 0. The van der Waals surface area contributed by atoms with Gasteiger partial charge in [0.2, 0.25) is 0 Å². The Bertz CT molecular complexity index is 932. The Kier molecular flexibility index (Phi) is 3.49. The van der Waals surface area contributed by atoms with Gasteiger partial charge in [-0.2, -0.15) is 0 Å². The second kappa shape index (κ2) is 5.93. The van der Waals surface area contributed by atoms with Gasteiger partial charge in [0.1, 0.15) is 5.82 Å². The van der Waals surface area contributed by atoms with Crippen LogP contribution in [0.1, 0.15) is 11.1 Å². The summed E-state index contributed by atoms with van der Waals surface area (Å²) in [6.07, 6.45) is 4.26. The number of hydrogen-bond donors (Lipinski definition) is 1. The maximum atomic E-state index is 4.71. The molecule has 0 amide bonds. The molecule has 0 radical (unpaired) electrons. The number of aromatic amines is 1. The number of nitrogens with one attached hydrogen (secondary N) is 1. The Labute approximate surface area is 135 Å². The molecule has 2 heteroatoms. The molecule has 4 rings (SSSR count). The van der Waals surface area contributed by atoms with Crippen LogP contribution in [0, 0.1) is 0 Å². The van der Waals surface area contributed by atoms with E-state index in [1.54, 1.807) is 0 Å². The Hall–Kier alpha value is -3.13. The quantitative estimate of drug-likeness (QED) is 0.504. The third kappa shape index (κ3) is 2.79. The average Bonchev–Trinajstić information content (AvgIpc) is 3.05. The van der Waals surface area contributed by atoms with Crippen LogP contribution in [-0.2, 0) is 0 Å². The third-order valence-electron chi connectivity index (χ3n) is 3.86. The van der Waals surface area contributed by atoms with E-state index in [0.29, 0.717) is 0 Å². The number of H-pyrrole nitrogens is 1. The molecule has 0 atom stereocenters. The second-order valence-electron chi connectivity index (χ2n) is 5.43. The minimum atomic E-state index is 0.902. The van der Waals surface area contributed by atoms with E-state index in [0.717, 1.165) is 28.0 Å². The van der Waals surface area contributed by atoms with Gasteiger partial charge >= 0.3 is 0 Å². The van der Waals surface area contributed by atoms with Gasteiger partial charge in [0.05, 0.1) is 11.0 Å². The zero-order valence-electron chi connectivity index (χ0n) is 12.6. The predicted molar refractivity (Wildman–Crippen MR) is 96.9 cm³/mol. The molecule has 0 fully saturated rings. The van der Waals surface area contributed by atoms with Crippen molar-refractivity contribution >= 4 is 23.2 Å². The summed E-state index contributed by atoms with van der Waals surface area (Å²) in [5.41, 5.74) is 5.49. The topological polar surface area (TPSA) is 28.7 Å². The highest BCUT2D eigenvalue weighted by atomic mass is 14.9. The van der Waals surface area contributed by atoms with Gasteiger partial charge in [0.15, 0.2) is 0 Å². The van der Waals surface area contributed by atoms with Gasteiger partial charge in [-0.05, 0) is 23.3 Å². The van der Waals surface area contributed by atoms with Crippen molar-refractivity contribution < 1.29 is 0 Å². The molecule has 1 aromatic heterocycles.